The summed E-state index contributed by atoms with van der Waals surface area (Å²) in [7, 11) is 0. The Morgan fingerprint density at radius 3 is 2.67 bits per heavy atom. The predicted octanol–water partition coefficient (Wildman–Crippen LogP) is 3.80. The number of hydrogen-bond acceptors (Lipinski definition) is 2. The smallest absolute Gasteiger partial charge is 0.157 e. The van der Waals surface area contributed by atoms with Gasteiger partial charge in [0.2, 0.25) is 0 Å². The van der Waals surface area contributed by atoms with E-state index in [1.807, 2.05) is 18.2 Å². The van der Waals surface area contributed by atoms with Gasteiger partial charge >= 0.3 is 0 Å². The third-order valence-electron chi connectivity index (χ3n) is 2.97. The summed E-state index contributed by atoms with van der Waals surface area (Å²) in [5.41, 5.74) is 2.24. The minimum Gasteiger partial charge on any atom is -0.350 e. The van der Waals surface area contributed by atoms with E-state index in [4.69, 9.17) is 9.47 Å². The van der Waals surface area contributed by atoms with Crippen LogP contribution in [0, 0.1) is 0 Å². The molecule has 1 aromatic carbocycles. The van der Waals surface area contributed by atoms with Crippen LogP contribution in [0.25, 0.3) is 5.57 Å². The minimum atomic E-state index is 0.0238. The van der Waals surface area contributed by atoms with Crippen LogP contribution in [-0.2, 0) is 9.47 Å². The Morgan fingerprint density at radius 2 is 1.94 bits per heavy atom. The number of rotatable bonds is 6. The van der Waals surface area contributed by atoms with Crippen molar-refractivity contribution >= 4 is 5.57 Å². The standard InChI is InChI=1S/C16H20O2/c1-14(15-9-5-3-6-10-15)8-4-2-7-11-16-17-12-13-18-16/h3-6,8-10,16H,1-2,7,11-13H2/b8-4+. The Hall–Kier alpha value is -1.38. The highest BCUT2D eigenvalue weighted by Crippen LogP contribution is 2.15. The molecule has 0 aliphatic carbocycles. The first kappa shape index (κ1) is 13.1. The second-order valence-corrected chi connectivity index (χ2v) is 4.40. The van der Waals surface area contributed by atoms with E-state index < -0.39 is 0 Å². The molecule has 0 bridgehead atoms. The summed E-state index contributed by atoms with van der Waals surface area (Å²) in [5, 5.41) is 0. The first-order valence-electron chi connectivity index (χ1n) is 6.50. The van der Waals surface area contributed by atoms with Crippen LogP contribution in [0.15, 0.2) is 49.1 Å². The van der Waals surface area contributed by atoms with Gasteiger partial charge in [0.05, 0.1) is 13.2 Å². The quantitative estimate of drug-likeness (QED) is 0.560. The fourth-order valence-electron chi connectivity index (χ4n) is 1.95. The number of unbranched alkanes of at least 4 members (excludes halogenated alkanes) is 1. The van der Waals surface area contributed by atoms with E-state index in [2.05, 4.69) is 30.9 Å². The highest BCUT2D eigenvalue weighted by Gasteiger charge is 2.14. The number of allylic oxidation sites excluding steroid dienone is 3. The number of benzene rings is 1. The summed E-state index contributed by atoms with van der Waals surface area (Å²) in [5.74, 6) is 0. The average Bonchev–Trinajstić information content (AvgIpc) is 2.92. The van der Waals surface area contributed by atoms with Crippen LogP contribution in [0.4, 0.5) is 0 Å². The fourth-order valence-corrected chi connectivity index (χ4v) is 1.95. The van der Waals surface area contributed by atoms with Gasteiger partial charge in [0.15, 0.2) is 6.29 Å². The molecular weight excluding hydrogens is 224 g/mol. The lowest BCUT2D eigenvalue weighted by Crippen LogP contribution is -2.06. The molecule has 0 amide bonds. The predicted molar refractivity (Wildman–Crippen MR) is 74.2 cm³/mol. The largest absolute Gasteiger partial charge is 0.350 e. The lowest BCUT2D eigenvalue weighted by molar-refractivity contribution is -0.0474. The molecule has 1 saturated heterocycles. The first-order valence-corrected chi connectivity index (χ1v) is 6.50. The van der Waals surface area contributed by atoms with Gasteiger partial charge in [-0.05, 0) is 30.4 Å². The maximum absolute atomic E-state index is 5.39. The Kier molecular flexibility index (Phi) is 5.18. The van der Waals surface area contributed by atoms with E-state index in [9.17, 15) is 0 Å². The van der Waals surface area contributed by atoms with Crippen LogP contribution in [0.2, 0.25) is 0 Å². The molecule has 18 heavy (non-hydrogen) atoms. The molecular formula is C16H20O2. The molecule has 1 aromatic rings. The molecule has 96 valence electrons. The zero-order chi connectivity index (χ0) is 12.6. The van der Waals surface area contributed by atoms with Gasteiger partial charge in [0.1, 0.15) is 0 Å². The van der Waals surface area contributed by atoms with Crippen molar-refractivity contribution in [2.75, 3.05) is 13.2 Å². The Morgan fingerprint density at radius 1 is 1.22 bits per heavy atom. The van der Waals surface area contributed by atoms with Crippen LogP contribution in [0.5, 0.6) is 0 Å². The van der Waals surface area contributed by atoms with E-state index in [1.54, 1.807) is 0 Å². The topological polar surface area (TPSA) is 18.5 Å². The molecule has 0 N–H and O–H groups in total. The second kappa shape index (κ2) is 7.14. The molecule has 0 saturated carbocycles. The molecule has 1 heterocycles. The minimum absolute atomic E-state index is 0.0238. The van der Waals surface area contributed by atoms with Crippen molar-refractivity contribution < 1.29 is 9.47 Å². The van der Waals surface area contributed by atoms with Crippen LogP contribution in [0.3, 0.4) is 0 Å². The van der Waals surface area contributed by atoms with Gasteiger partial charge < -0.3 is 9.47 Å². The maximum atomic E-state index is 5.39. The SMILES string of the molecule is C=C(/C=C/CCCC1OCCO1)c1ccccc1. The lowest BCUT2D eigenvalue weighted by Gasteiger charge is -2.06. The van der Waals surface area contributed by atoms with Crippen molar-refractivity contribution in [1.82, 2.24) is 0 Å². The molecule has 1 fully saturated rings. The van der Waals surface area contributed by atoms with Gasteiger partial charge in [-0.25, -0.2) is 0 Å². The lowest BCUT2D eigenvalue weighted by atomic mass is 10.1. The molecule has 2 heteroatoms. The summed E-state index contributed by atoms with van der Waals surface area (Å²) < 4.78 is 10.8. The normalized spacial score (nSPS) is 16.4. The van der Waals surface area contributed by atoms with Gasteiger partial charge in [-0.15, -0.1) is 0 Å². The molecule has 0 radical (unpaired) electrons. The average molecular weight is 244 g/mol. The summed E-state index contributed by atoms with van der Waals surface area (Å²) in [6.07, 6.45) is 7.38. The molecule has 1 aliphatic heterocycles. The van der Waals surface area contributed by atoms with E-state index in [-0.39, 0.29) is 6.29 Å². The van der Waals surface area contributed by atoms with Crippen molar-refractivity contribution in [1.29, 1.82) is 0 Å². The van der Waals surface area contributed by atoms with Gasteiger partial charge in [-0.2, -0.15) is 0 Å². The van der Waals surface area contributed by atoms with Crippen molar-refractivity contribution in [3.63, 3.8) is 0 Å². The molecule has 2 nitrogen and oxygen atoms in total. The summed E-state index contributed by atoms with van der Waals surface area (Å²) in [6.45, 7) is 5.55. The highest BCUT2D eigenvalue weighted by molar-refractivity contribution is 5.71. The fraction of sp³-hybridized carbons (Fsp3) is 0.375. The van der Waals surface area contributed by atoms with E-state index in [1.165, 1.54) is 5.56 Å². The third-order valence-corrected chi connectivity index (χ3v) is 2.97. The van der Waals surface area contributed by atoms with Gasteiger partial charge in [0.25, 0.3) is 0 Å². The van der Waals surface area contributed by atoms with Crippen molar-refractivity contribution in [2.45, 2.75) is 25.6 Å². The molecule has 0 aromatic heterocycles. The second-order valence-electron chi connectivity index (χ2n) is 4.40. The zero-order valence-corrected chi connectivity index (χ0v) is 10.7. The maximum Gasteiger partial charge on any atom is 0.157 e. The molecule has 0 atom stereocenters. The van der Waals surface area contributed by atoms with E-state index in [0.717, 1.165) is 38.0 Å². The Balaban J connectivity index is 1.66. The monoisotopic (exact) mass is 244 g/mol. The number of ether oxygens (including phenoxy) is 2. The first-order chi connectivity index (χ1) is 8.86. The van der Waals surface area contributed by atoms with Crippen molar-refractivity contribution in [3.8, 4) is 0 Å². The highest BCUT2D eigenvalue weighted by atomic mass is 16.7. The molecule has 0 unspecified atom stereocenters. The van der Waals surface area contributed by atoms with Gasteiger partial charge in [0, 0.05) is 0 Å². The third kappa shape index (κ3) is 4.13. The molecule has 1 aliphatic rings. The summed E-state index contributed by atoms with van der Waals surface area (Å²) >= 11 is 0. The van der Waals surface area contributed by atoms with Crippen molar-refractivity contribution in [2.24, 2.45) is 0 Å². The Labute approximate surface area is 109 Å². The van der Waals surface area contributed by atoms with E-state index >= 15 is 0 Å². The molecule has 2 rings (SSSR count). The Bertz CT molecular complexity index is 389. The van der Waals surface area contributed by atoms with Gasteiger partial charge in [-0.3, -0.25) is 0 Å². The van der Waals surface area contributed by atoms with Crippen LogP contribution in [-0.4, -0.2) is 19.5 Å². The summed E-state index contributed by atoms with van der Waals surface area (Å²) in [6, 6.07) is 10.2. The number of hydrogen-bond donors (Lipinski definition) is 0. The molecule has 0 spiro atoms. The van der Waals surface area contributed by atoms with Crippen LogP contribution in [0.1, 0.15) is 24.8 Å². The van der Waals surface area contributed by atoms with Crippen LogP contribution < -0.4 is 0 Å². The van der Waals surface area contributed by atoms with E-state index in [0.29, 0.717) is 0 Å². The van der Waals surface area contributed by atoms with Crippen molar-refractivity contribution in [3.05, 3.63) is 54.6 Å². The van der Waals surface area contributed by atoms with Gasteiger partial charge in [-0.1, -0.05) is 49.1 Å². The zero-order valence-electron chi connectivity index (χ0n) is 10.7. The summed E-state index contributed by atoms with van der Waals surface area (Å²) in [4.78, 5) is 0. The van der Waals surface area contributed by atoms with Crippen LogP contribution >= 0.6 is 0 Å².